The number of fused-ring (bicyclic) bond motifs is 1. The maximum absolute atomic E-state index is 10.2. The third-order valence-electron chi connectivity index (χ3n) is 3.73. The van der Waals surface area contributed by atoms with Crippen LogP contribution in [0.3, 0.4) is 0 Å². The van der Waals surface area contributed by atoms with Crippen molar-refractivity contribution in [2.75, 3.05) is 0 Å². The molecule has 0 amide bonds. The lowest BCUT2D eigenvalue weighted by atomic mass is 9.93. The van der Waals surface area contributed by atoms with Crippen molar-refractivity contribution in [2.45, 2.75) is 25.4 Å². The first kappa shape index (κ1) is 10.4. The normalized spacial score (nSPS) is 35.3. The van der Waals surface area contributed by atoms with E-state index < -0.39 is 6.10 Å². The van der Waals surface area contributed by atoms with Crippen molar-refractivity contribution < 1.29 is 5.11 Å². The molecule has 82 valence electrons. The van der Waals surface area contributed by atoms with Crippen LogP contribution in [0, 0.1) is 17.8 Å². The van der Waals surface area contributed by atoms with Gasteiger partial charge in [-0.05, 0) is 43.1 Å². The Hall–Kier alpha value is 0.240. The molecule has 1 N–H and O–H groups in total. The molecule has 2 aliphatic carbocycles. The Balaban J connectivity index is 1.78. The minimum Gasteiger partial charge on any atom is -0.388 e. The summed E-state index contributed by atoms with van der Waals surface area (Å²) in [5, 5.41) is 10.2. The van der Waals surface area contributed by atoms with Gasteiger partial charge >= 0.3 is 0 Å². The summed E-state index contributed by atoms with van der Waals surface area (Å²) in [7, 11) is 0. The summed E-state index contributed by atoms with van der Waals surface area (Å²) in [6, 6.07) is 1.81. The second-order valence-corrected chi connectivity index (χ2v) is 7.00. The van der Waals surface area contributed by atoms with Crippen LogP contribution in [0.25, 0.3) is 0 Å². The molecule has 1 heterocycles. The van der Waals surface area contributed by atoms with Gasteiger partial charge in [-0.25, -0.2) is 0 Å². The fourth-order valence-corrected chi connectivity index (χ4v) is 4.37. The summed E-state index contributed by atoms with van der Waals surface area (Å²) in [5.41, 5.74) is 0.831. The van der Waals surface area contributed by atoms with Crippen LogP contribution in [0.2, 0.25) is 8.67 Å². The zero-order valence-corrected chi connectivity index (χ0v) is 10.4. The van der Waals surface area contributed by atoms with Crippen molar-refractivity contribution in [3.8, 4) is 0 Å². The molecule has 0 aromatic carbocycles. The summed E-state index contributed by atoms with van der Waals surface area (Å²) < 4.78 is 1.31. The first-order chi connectivity index (χ1) is 7.15. The average Bonchev–Trinajstić information content (AvgIpc) is 2.65. The number of aliphatic hydroxyl groups excluding tert-OH is 1. The van der Waals surface area contributed by atoms with Gasteiger partial charge in [-0.1, -0.05) is 23.2 Å². The van der Waals surface area contributed by atoms with Crippen molar-refractivity contribution in [1.82, 2.24) is 0 Å². The zero-order valence-electron chi connectivity index (χ0n) is 8.12. The van der Waals surface area contributed by atoms with E-state index in [1.54, 1.807) is 0 Å². The highest BCUT2D eigenvalue weighted by Crippen LogP contribution is 2.57. The molecule has 0 radical (unpaired) electrons. The van der Waals surface area contributed by atoms with Gasteiger partial charge in [0.2, 0.25) is 0 Å². The molecule has 0 saturated heterocycles. The third-order valence-corrected chi connectivity index (χ3v) is 5.25. The molecule has 0 bridgehead atoms. The van der Waals surface area contributed by atoms with E-state index in [2.05, 4.69) is 0 Å². The molecule has 1 aromatic heterocycles. The largest absolute Gasteiger partial charge is 0.388 e. The van der Waals surface area contributed by atoms with Crippen molar-refractivity contribution in [1.29, 1.82) is 0 Å². The van der Waals surface area contributed by atoms with Crippen molar-refractivity contribution in [3.63, 3.8) is 0 Å². The standard InChI is InChI=1S/C11H12Cl2OS/c12-9-4-8(11(13)15-9)10(14)7-2-5-1-6(5)3-7/h4-7,10,14H,1-3H2. The van der Waals surface area contributed by atoms with E-state index in [4.69, 9.17) is 23.2 Å². The molecule has 2 fully saturated rings. The van der Waals surface area contributed by atoms with Crippen LogP contribution in [0.15, 0.2) is 6.07 Å². The summed E-state index contributed by atoms with van der Waals surface area (Å²) in [4.78, 5) is 0. The van der Waals surface area contributed by atoms with Gasteiger partial charge in [0.25, 0.3) is 0 Å². The Labute approximate surface area is 103 Å². The van der Waals surface area contributed by atoms with Gasteiger partial charge in [0, 0.05) is 5.56 Å². The van der Waals surface area contributed by atoms with Crippen LogP contribution in [-0.2, 0) is 0 Å². The van der Waals surface area contributed by atoms with Crippen molar-refractivity contribution >= 4 is 34.5 Å². The lowest BCUT2D eigenvalue weighted by molar-refractivity contribution is 0.105. The Morgan fingerprint density at radius 3 is 2.47 bits per heavy atom. The van der Waals surface area contributed by atoms with Gasteiger partial charge in [-0.2, -0.15) is 0 Å². The highest BCUT2D eigenvalue weighted by atomic mass is 35.5. The number of hydrogen-bond acceptors (Lipinski definition) is 2. The molecular formula is C11H12Cl2OS. The number of thiophene rings is 1. The van der Waals surface area contributed by atoms with Gasteiger partial charge < -0.3 is 5.11 Å². The predicted octanol–water partition coefficient (Wildman–Crippen LogP) is 4.13. The van der Waals surface area contributed by atoms with Crippen LogP contribution in [0.4, 0.5) is 0 Å². The molecule has 3 atom stereocenters. The smallest absolute Gasteiger partial charge is 0.100 e. The van der Waals surface area contributed by atoms with E-state index in [-0.39, 0.29) is 0 Å². The number of halogens is 2. The fourth-order valence-electron chi connectivity index (χ4n) is 2.83. The molecule has 0 aliphatic heterocycles. The van der Waals surface area contributed by atoms with E-state index >= 15 is 0 Å². The van der Waals surface area contributed by atoms with Gasteiger partial charge in [0.05, 0.1) is 10.4 Å². The molecule has 15 heavy (non-hydrogen) atoms. The molecule has 1 aromatic rings. The van der Waals surface area contributed by atoms with Crippen LogP contribution in [0.5, 0.6) is 0 Å². The summed E-state index contributed by atoms with van der Waals surface area (Å²) in [6.07, 6.45) is 3.29. The molecule has 4 heteroatoms. The quantitative estimate of drug-likeness (QED) is 0.850. The molecular weight excluding hydrogens is 251 g/mol. The summed E-state index contributed by atoms with van der Waals surface area (Å²) in [6.45, 7) is 0. The van der Waals surface area contributed by atoms with Crippen molar-refractivity contribution in [3.05, 3.63) is 20.3 Å². The van der Waals surface area contributed by atoms with Gasteiger partial charge in [-0.15, -0.1) is 11.3 Å². The lowest BCUT2D eigenvalue weighted by Gasteiger charge is -2.18. The van der Waals surface area contributed by atoms with Crippen LogP contribution < -0.4 is 0 Å². The SMILES string of the molecule is OC(c1cc(Cl)sc1Cl)C1CC2CC2C1. The van der Waals surface area contributed by atoms with E-state index in [9.17, 15) is 5.11 Å². The van der Waals surface area contributed by atoms with Crippen LogP contribution in [0.1, 0.15) is 30.9 Å². The molecule has 3 rings (SSSR count). The van der Waals surface area contributed by atoms with Crippen molar-refractivity contribution in [2.24, 2.45) is 17.8 Å². The molecule has 3 unspecified atom stereocenters. The van der Waals surface area contributed by atoms with Gasteiger partial charge in [-0.3, -0.25) is 0 Å². The maximum Gasteiger partial charge on any atom is 0.100 e. The van der Waals surface area contributed by atoms with E-state index in [0.717, 1.165) is 30.2 Å². The Morgan fingerprint density at radius 2 is 1.93 bits per heavy atom. The third kappa shape index (κ3) is 1.82. The van der Waals surface area contributed by atoms with Gasteiger partial charge in [0.1, 0.15) is 4.34 Å². The van der Waals surface area contributed by atoms with Crippen LogP contribution in [-0.4, -0.2) is 5.11 Å². The van der Waals surface area contributed by atoms with E-state index in [1.165, 1.54) is 17.8 Å². The fraction of sp³-hybridized carbons (Fsp3) is 0.636. The highest BCUT2D eigenvalue weighted by Gasteiger charge is 2.48. The molecule has 2 saturated carbocycles. The average molecular weight is 263 g/mol. The Morgan fingerprint density at radius 1 is 1.27 bits per heavy atom. The van der Waals surface area contributed by atoms with Gasteiger partial charge in [0.15, 0.2) is 0 Å². The van der Waals surface area contributed by atoms with E-state index in [1.807, 2.05) is 6.07 Å². The predicted molar refractivity (Wildman–Crippen MR) is 63.6 cm³/mol. The minimum absolute atomic E-state index is 0.400. The summed E-state index contributed by atoms with van der Waals surface area (Å²) >= 11 is 13.3. The Bertz CT molecular complexity index is 380. The number of rotatable bonds is 2. The van der Waals surface area contributed by atoms with E-state index in [0.29, 0.717) is 14.6 Å². The second kappa shape index (κ2) is 3.63. The first-order valence-corrected chi connectivity index (χ1v) is 6.85. The number of hydrogen-bond donors (Lipinski definition) is 1. The molecule has 1 nitrogen and oxygen atoms in total. The maximum atomic E-state index is 10.2. The first-order valence-electron chi connectivity index (χ1n) is 5.28. The topological polar surface area (TPSA) is 20.2 Å². The number of aliphatic hydroxyl groups is 1. The molecule has 0 spiro atoms. The Kier molecular flexibility index (Phi) is 2.51. The highest BCUT2D eigenvalue weighted by molar-refractivity contribution is 7.20. The monoisotopic (exact) mass is 262 g/mol. The molecule has 2 aliphatic rings. The lowest BCUT2D eigenvalue weighted by Crippen LogP contribution is -2.10. The zero-order chi connectivity index (χ0) is 10.6. The summed E-state index contributed by atoms with van der Waals surface area (Å²) in [5.74, 6) is 2.17. The second-order valence-electron chi connectivity index (χ2n) is 4.71. The minimum atomic E-state index is -0.408. The van der Waals surface area contributed by atoms with Crippen LogP contribution >= 0.6 is 34.5 Å².